The lowest BCUT2D eigenvalue weighted by Gasteiger charge is -2.08. The van der Waals surface area contributed by atoms with Crippen LogP contribution in [-0.4, -0.2) is 25.1 Å². The van der Waals surface area contributed by atoms with E-state index in [4.69, 9.17) is 0 Å². The largest absolute Gasteiger partial charge is 0.298 e. The van der Waals surface area contributed by atoms with Crippen LogP contribution in [-0.2, 0) is 22.7 Å². The summed E-state index contributed by atoms with van der Waals surface area (Å²) >= 11 is 1.48. The lowest BCUT2D eigenvalue weighted by Crippen LogP contribution is -2.17. The van der Waals surface area contributed by atoms with Crippen LogP contribution < -0.4 is 5.32 Å². The molecule has 1 amide bonds. The van der Waals surface area contributed by atoms with E-state index in [9.17, 15) is 13.2 Å². The van der Waals surface area contributed by atoms with Crippen molar-refractivity contribution in [1.82, 2.24) is 4.98 Å². The number of aryl methyl sites for hydroxylation is 2. The predicted octanol–water partition coefficient (Wildman–Crippen LogP) is 3.07. The number of hydrogen-bond acceptors (Lipinski definition) is 5. The Morgan fingerprint density at radius 1 is 1.26 bits per heavy atom. The molecule has 7 heteroatoms. The topological polar surface area (TPSA) is 76.1 Å². The molecule has 1 aliphatic carbocycles. The summed E-state index contributed by atoms with van der Waals surface area (Å²) in [6, 6.07) is 6.30. The lowest BCUT2D eigenvalue weighted by atomic mass is 10.0. The number of thiazole rings is 1. The van der Waals surface area contributed by atoms with Crippen molar-refractivity contribution >= 4 is 32.2 Å². The highest BCUT2D eigenvalue weighted by molar-refractivity contribution is 7.91. The van der Waals surface area contributed by atoms with Gasteiger partial charge in [-0.1, -0.05) is 19.1 Å². The van der Waals surface area contributed by atoms with Crippen molar-refractivity contribution in [1.29, 1.82) is 0 Å². The summed E-state index contributed by atoms with van der Waals surface area (Å²) < 4.78 is 24.3. The van der Waals surface area contributed by atoms with Crippen LogP contribution in [0.5, 0.6) is 0 Å². The van der Waals surface area contributed by atoms with Crippen LogP contribution in [0, 0.1) is 0 Å². The molecule has 0 unspecified atom stereocenters. The predicted molar refractivity (Wildman–Crippen MR) is 90.9 cm³/mol. The van der Waals surface area contributed by atoms with Crippen molar-refractivity contribution in [3.63, 3.8) is 0 Å². The summed E-state index contributed by atoms with van der Waals surface area (Å²) in [7, 11) is -3.45. The van der Waals surface area contributed by atoms with Gasteiger partial charge in [0.05, 0.1) is 21.9 Å². The van der Waals surface area contributed by atoms with Gasteiger partial charge in [-0.2, -0.15) is 0 Å². The van der Waals surface area contributed by atoms with E-state index in [1.54, 1.807) is 19.1 Å². The van der Waals surface area contributed by atoms with Gasteiger partial charge in [0.1, 0.15) is 0 Å². The van der Waals surface area contributed by atoms with Crippen LogP contribution >= 0.6 is 11.3 Å². The number of sulfone groups is 1. The van der Waals surface area contributed by atoms with Crippen molar-refractivity contribution in [2.24, 2.45) is 0 Å². The van der Waals surface area contributed by atoms with Crippen molar-refractivity contribution < 1.29 is 13.2 Å². The van der Waals surface area contributed by atoms with E-state index in [1.165, 1.54) is 28.3 Å². The van der Waals surface area contributed by atoms with Crippen molar-refractivity contribution in [2.45, 2.75) is 37.5 Å². The molecule has 1 N–H and O–H groups in total. The molecule has 1 aromatic heterocycles. The number of amides is 1. The molecule has 0 atom stereocenters. The normalized spacial score (nSPS) is 14.3. The van der Waals surface area contributed by atoms with E-state index < -0.39 is 15.7 Å². The van der Waals surface area contributed by atoms with Gasteiger partial charge in [0.25, 0.3) is 5.91 Å². The van der Waals surface area contributed by atoms with Gasteiger partial charge in [-0.15, -0.1) is 11.3 Å². The van der Waals surface area contributed by atoms with E-state index in [0.717, 1.165) is 31.4 Å². The third-order valence-electron chi connectivity index (χ3n) is 3.91. The second-order valence-corrected chi connectivity index (χ2v) is 8.78. The molecule has 0 bridgehead atoms. The quantitative estimate of drug-likeness (QED) is 0.919. The number of carbonyl (C=O) groups is 1. The maximum atomic E-state index is 12.5. The van der Waals surface area contributed by atoms with Crippen LogP contribution in [0.25, 0.3) is 0 Å². The van der Waals surface area contributed by atoms with E-state index in [0.29, 0.717) is 5.13 Å². The molecule has 5 nitrogen and oxygen atoms in total. The maximum absolute atomic E-state index is 12.5. The minimum atomic E-state index is -3.45. The van der Waals surface area contributed by atoms with Crippen molar-refractivity contribution in [2.75, 3.05) is 11.1 Å². The fourth-order valence-electron chi connectivity index (χ4n) is 2.65. The average molecular weight is 350 g/mol. The minimum absolute atomic E-state index is 0.0388. The zero-order chi connectivity index (χ0) is 16.4. The van der Waals surface area contributed by atoms with Gasteiger partial charge in [0.2, 0.25) is 0 Å². The van der Waals surface area contributed by atoms with Crippen LogP contribution in [0.1, 0.15) is 40.7 Å². The Hall–Kier alpha value is -1.73. The van der Waals surface area contributed by atoms with Gasteiger partial charge < -0.3 is 0 Å². The van der Waals surface area contributed by atoms with Gasteiger partial charge in [-0.05, 0) is 37.8 Å². The molecule has 0 saturated heterocycles. The molecule has 1 heterocycles. The fraction of sp³-hybridized carbons (Fsp3) is 0.375. The number of aromatic nitrogens is 1. The second kappa shape index (κ2) is 6.41. The Balaban J connectivity index is 1.88. The van der Waals surface area contributed by atoms with E-state index in [1.807, 2.05) is 0 Å². The van der Waals surface area contributed by atoms with E-state index in [-0.39, 0.29) is 16.2 Å². The Morgan fingerprint density at radius 3 is 2.74 bits per heavy atom. The molecule has 1 aromatic carbocycles. The standard InChI is InChI=1S/C16H18N2O3S2/c1-2-23(20,21)14-10-6-3-7-11(14)15(19)18-16-17-12-8-4-5-9-13(12)22-16/h3,6-7,10H,2,4-5,8-9H2,1H3,(H,17,18,19). The number of carbonyl (C=O) groups excluding carboxylic acids is 1. The zero-order valence-corrected chi connectivity index (χ0v) is 14.5. The van der Waals surface area contributed by atoms with Crippen LogP contribution in [0.4, 0.5) is 5.13 Å². The lowest BCUT2D eigenvalue weighted by molar-refractivity contribution is 0.102. The molecule has 0 aliphatic heterocycles. The second-order valence-electron chi connectivity index (χ2n) is 5.45. The monoisotopic (exact) mass is 350 g/mol. The number of anilines is 1. The first-order valence-corrected chi connectivity index (χ1v) is 10.1. The van der Waals surface area contributed by atoms with Crippen molar-refractivity contribution in [3.8, 4) is 0 Å². The number of nitrogens with one attached hydrogen (secondary N) is 1. The Bertz CT molecular complexity index is 817. The number of fused-ring (bicyclic) bond motifs is 1. The molecule has 2 aromatic rings. The zero-order valence-electron chi connectivity index (χ0n) is 12.8. The Labute approximate surface area is 139 Å². The Kier molecular flexibility index (Phi) is 4.50. The third kappa shape index (κ3) is 3.30. The SMILES string of the molecule is CCS(=O)(=O)c1ccccc1C(=O)Nc1nc2c(s1)CCCC2. The first-order valence-electron chi connectivity index (χ1n) is 7.63. The van der Waals surface area contributed by atoms with Gasteiger partial charge in [0, 0.05) is 4.88 Å². The summed E-state index contributed by atoms with van der Waals surface area (Å²) in [5.74, 6) is -0.466. The first kappa shape index (κ1) is 16.1. The first-order chi connectivity index (χ1) is 11.0. The summed E-state index contributed by atoms with van der Waals surface area (Å²) in [6.07, 6.45) is 4.23. The number of benzene rings is 1. The Morgan fingerprint density at radius 2 is 2.00 bits per heavy atom. The molecule has 0 radical (unpaired) electrons. The summed E-state index contributed by atoms with van der Waals surface area (Å²) in [5.41, 5.74) is 1.23. The molecule has 3 rings (SSSR count). The van der Waals surface area contributed by atoms with Crippen LogP contribution in [0.3, 0.4) is 0 Å². The van der Waals surface area contributed by atoms with E-state index >= 15 is 0 Å². The van der Waals surface area contributed by atoms with Gasteiger partial charge in [-0.25, -0.2) is 13.4 Å². The smallest absolute Gasteiger partial charge is 0.258 e. The highest BCUT2D eigenvalue weighted by Gasteiger charge is 2.22. The molecule has 0 fully saturated rings. The molecular formula is C16H18N2O3S2. The van der Waals surface area contributed by atoms with Gasteiger partial charge in [0.15, 0.2) is 15.0 Å². The number of nitrogens with zero attached hydrogens (tertiary/aromatic N) is 1. The third-order valence-corrected chi connectivity index (χ3v) is 6.77. The molecule has 23 heavy (non-hydrogen) atoms. The maximum Gasteiger partial charge on any atom is 0.258 e. The van der Waals surface area contributed by atoms with Gasteiger partial charge in [-0.3, -0.25) is 10.1 Å². The molecule has 122 valence electrons. The summed E-state index contributed by atoms with van der Waals surface area (Å²) in [5, 5.41) is 3.30. The average Bonchev–Trinajstić information content (AvgIpc) is 2.97. The molecule has 1 aliphatic rings. The number of rotatable bonds is 4. The molecule has 0 saturated carbocycles. The molecular weight excluding hydrogens is 332 g/mol. The van der Waals surface area contributed by atoms with Crippen molar-refractivity contribution in [3.05, 3.63) is 40.4 Å². The highest BCUT2D eigenvalue weighted by Crippen LogP contribution is 2.30. The minimum Gasteiger partial charge on any atom is -0.298 e. The van der Waals surface area contributed by atoms with Crippen LogP contribution in [0.15, 0.2) is 29.2 Å². The van der Waals surface area contributed by atoms with Gasteiger partial charge >= 0.3 is 0 Å². The molecule has 0 spiro atoms. The van der Waals surface area contributed by atoms with E-state index in [2.05, 4.69) is 10.3 Å². The fourth-order valence-corrected chi connectivity index (χ4v) is 4.79. The highest BCUT2D eigenvalue weighted by atomic mass is 32.2. The van der Waals surface area contributed by atoms with Crippen LogP contribution in [0.2, 0.25) is 0 Å². The summed E-state index contributed by atoms with van der Waals surface area (Å²) in [6.45, 7) is 1.57. The summed E-state index contributed by atoms with van der Waals surface area (Å²) in [4.78, 5) is 18.3. The number of hydrogen-bond donors (Lipinski definition) is 1.